The highest BCUT2D eigenvalue weighted by Crippen LogP contribution is 2.47. The number of aliphatic imine (C=N–C) groups is 1. The predicted molar refractivity (Wildman–Crippen MR) is 184 cm³/mol. The first kappa shape index (κ1) is 35.0. The lowest BCUT2D eigenvalue weighted by molar-refractivity contribution is -0.143. The highest BCUT2D eigenvalue weighted by atomic mass is 35.5. The number of amides is 1. The summed E-state index contributed by atoms with van der Waals surface area (Å²) in [7, 11) is 4.39. The van der Waals surface area contributed by atoms with Crippen molar-refractivity contribution in [1.82, 2.24) is 14.8 Å². The van der Waals surface area contributed by atoms with E-state index in [9.17, 15) is 14.4 Å². The van der Waals surface area contributed by atoms with Crippen LogP contribution in [-0.2, 0) is 35.0 Å². The van der Waals surface area contributed by atoms with Gasteiger partial charge in [-0.05, 0) is 61.6 Å². The quantitative estimate of drug-likeness (QED) is 0.294. The number of methoxy groups -OCH3 is 3. The van der Waals surface area contributed by atoms with Gasteiger partial charge in [-0.3, -0.25) is 19.5 Å². The number of thiazole rings is 1. The van der Waals surface area contributed by atoms with Crippen LogP contribution in [0.4, 0.5) is 0 Å². The van der Waals surface area contributed by atoms with Gasteiger partial charge in [-0.2, -0.15) is 0 Å². The van der Waals surface area contributed by atoms with Gasteiger partial charge in [0.15, 0.2) is 0 Å². The minimum atomic E-state index is -1.02. The van der Waals surface area contributed by atoms with Crippen molar-refractivity contribution in [3.8, 4) is 0 Å². The Hall–Kier alpha value is -2.83. The monoisotopic (exact) mass is 716 g/mol. The number of ether oxygens (including phenoxy) is 3. The first-order valence-electron chi connectivity index (χ1n) is 16.6. The lowest BCUT2D eigenvalue weighted by Gasteiger charge is -2.44. The fourth-order valence-electron chi connectivity index (χ4n) is 8.39. The summed E-state index contributed by atoms with van der Waals surface area (Å²) in [5.41, 5.74) is 1.19. The second-order valence-corrected chi connectivity index (χ2v) is 14.8. The number of fused-ring (bicyclic) bond motifs is 2. The zero-order chi connectivity index (χ0) is 33.9. The summed E-state index contributed by atoms with van der Waals surface area (Å²) in [6, 6.07) is 5.52. The first-order valence-corrected chi connectivity index (χ1v) is 18.2. The molecule has 4 aliphatic rings. The Morgan fingerprint density at radius 1 is 0.958 bits per heavy atom. The number of rotatable bonds is 10. The number of nitrogens with zero attached hydrogens (tertiary/aromatic N) is 4. The highest BCUT2D eigenvalue weighted by molar-refractivity contribution is 7.09. The predicted octanol–water partition coefficient (Wildman–Crippen LogP) is 5.58. The zero-order valence-corrected chi connectivity index (χ0v) is 29.9. The molecule has 4 atom stereocenters. The molecule has 1 saturated heterocycles. The third-order valence-corrected chi connectivity index (χ3v) is 12.1. The Kier molecular flexibility index (Phi) is 11.2. The van der Waals surface area contributed by atoms with Crippen LogP contribution in [0.2, 0.25) is 10.0 Å². The number of esters is 2. The third kappa shape index (κ3) is 7.07. The van der Waals surface area contributed by atoms with E-state index in [0.29, 0.717) is 61.2 Å². The summed E-state index contributed by atoms with van der Waals surface area (Å²) >= 11 is 15.0. The smallest absolute Gasteiger partial charge is 0.336 e. The van der Waals surface area contributed by atoms with Gasteiger partial charge in [-0.1, -0.05) is 29.3 Å². The van der Waals surface area contributed by atoms with Crippen LogP contribution in [0.25, 0.3) is 0 Å². The number of hydrogen-bond acceptors (Lipinski definition) is 10. The average Bonchev–Trinajstić information content (AvgIpc) is 3.71. The van der Waals surface area contributed by atoms with E-state index in [1.165, 1.54) is 38.4 Å². The summed E-state index contributed by atoms with van der Waals surface area (Å²) < 4.78 is 16.4. The van der Waals surface area contributed by atoms with Gasteiger partial charge < -0.3 is 19.1 Å². The zero-order valence-electron chi connectivity index (χ0n) is 27.5. The molecule has 1 aromatic carbocycles. The molecular formula is C35H42Cl2N4O6S. The van der Waals surface area contributed by atoms with Gasteiger partial charge in [-0.25, -0.2) is 9.78 Å². The second kappa shape index (κ2) is 15.4. The highest BCUT2D eigenvalue weighted by Gasteiger charge is 2.47. The summed E-state index contributed by atoms with van der Waals surface area (Å²) in [6.45, 7) is 2.76. The van der Waals surface area contributed by atoms with Crippen LogP contribution in [0.15, 0.2) is 46.0 Å². The Morgan fingerprint density at radius 3 is 2.23 bits per heavy atom. The average molecular weight is 718 g/mol. The minimum Gasteiger partial charge on any atom is -0.468 e. The number of benzene rings is 1. The first-order chi connectivity index (χ1) is 23.2. The number of aryl methyl sites for hydroxylation is 1. The lowest BCUT2D eigenvalue weighted by Crippen LogP contribution is -2.54. The Balaban J connectivity index is 1.29. The molecule has 6 rings (SSSR count). The van der Waals surface area contributed by atoms with Crippen molar-refractivity contribution >= 4 is 58.1 Å². The molecule has 0 radical (unpaired) electrons. The van der Waals surface area contributed by atoms with Crippen molar-refractivity contribution in [2.45, 2.75) is 63.0 Å². The van der Waals surface area contributed by atoms with Gasteiger partial charge >= 0.3 is 11.9 Å². The molecule has 2 aromatic rings. The van der Waals surface area contributed by atoms with Crippen LogP contribution in [0.5, 0.6) is 0 Å². The SMILES string of the molecule is COC(=O)C1=C(CC(=O)N2CCN(C3CC4CCC(C3)C4OC)CC2)N=C(CCc2nccs2)C(C(=O)OC)C1c1c(Cl)cccc1Cl. The Labute approximate surface area is 295 Å². The van der Waals surface area contributed by atoms with E-state index in [-0.39, 0.29) is 33.6 Å². The number of carbonyl (C=O) groups excluding carboxylic acids is 3. The van der Waals surface area contributed by atoms with Crippen molar-refractivity contribution in [2.24, 2.45) is 22.7 Å². The van der Waals surface area contributed by atoms with Crippen LogP contribution in [-0.4, -0.2) is 98.0 Å². The van der Waals surface area contributed by atoms with E-state index >= 15 is 0 Å². The van der Waals surface area contributed by atoms with E-state index < -0.39 is 23.8 Å². The maximum Gasteiger partial charge on any atom is 0.336 e. The molecule has 2 saturated carbocycles. The van der Waals surface area contributed by atoms with Crippen LogP contribution in [0.3, 0.4) is 0 Å². The Morgan fingerprint density at radius 2 is 1.65 bits per heavy atom. The molecule has 2 aliphatic carbocycles. The standard InChI is InChI=1S/C35H42Cl2N4O6S/c1-45-33-20-7-8-21(33)18-22(17-20)40-12-14-41(15-13-40)28(42)19-26-31(35(44)47-3)32(29-23(36)5-4-6-24(29)37)30(34(43)46-2)25(39-26)9-10-27-38-11-16-48-27/h4-6,11,16,20-22,30,32-33H,7-10,12-15,17-19H2,1-3H3. The molecule has 3 heterocycles. The van der Waals surface area contributed by atoms with Gasteiger partial charge in [0.1, 0.15) is 5.92 Å². The van der Waals surface area contributed by atoms with E-state index in [0.717, 1.165) is 30.9 Å². The molecule has 258 valence electrons. The van der Waals surface area contributed by atoms with E-state index in [4.69, 9.17) is 42.4 Å². The molecule has 0 N–H and O–H groups in total. The van der Waals surface area contributed by atoms with Crippen molar-refractivity contribution in [3.63, 3.8) is 0 Å². The number of hydrogen-bond donors (Lipinski definition) is 0. The molecule has 48 heavy (non-hydrogen) atoms. The van der Waals surface area contributed by atoms with E-state index in [1.807, 2.05) is 17.4 Å². The van der Waals surface area contributed by atoms with Gasteiger partial charge in [0.25, 0.3) is 0 Å². The summed E-state index contributed by atoms with van der Waals surface area (Å²) in [5, 5.41) is 3.31. The molecule has 1 aromatic heterocycles. The van der Waals surface area contributed by atoms with Gasteiger partial charge in [0.05, 0.1) is 43.0 Å². The van der Waals surface area contributed by atoms with Crippen molar-refractivity contribution < 1.29 is 28.6 Å². The fourth-order valence-corrected chi connectivity index (χ4v) is 9.64. The van der Waals surface area contributed by atoms with Gasteiger partial charge in [-0.15, -0.1) is 11.3 Å². The maximum absolute atomic E-state index is 14.0. The maximum atomic E-state index is 14.0. The topological polar surface area (TPSA) is 111 Å². The van der Waals surface area contributed by atoms with Crippen molar-refractivity contribution in [2.75, 3.05) is 47.5 Å². The number of carbonyl (C=O) groups is 3. The van der Waals surface area contributed by atoms with Crippen molar-refractivity contribution in [1.29, 1.82) is 0 Å². The number of halogens is 2. The second-order valence-electron chi connectivity index (χ2n) is 13.0. The third-order valence-electron chi connectivity index (χ3n) is 10.6. The minimum absolute atomic E-state index is 0.0817. The Bertz CT molecular complexity index is 1540. The molecule has 1 amide bonds. The molecule has 3 fully saturated rings. The molecule has 2 bridgehead atoms. The normalized spacial score (nSPS) is 27.5. The van der Waals surface area contributed by atoms with E-state index in [1.54, 1.807) is 24.4 Å². The summed E-state index contributed by atoms with van der Waals surface area (Å²) in [6.07, 6.45) is 7.59. The largest absolute Gasteiger partial charge is 0.468 e. The van der Waals surface area contributed by atoms with Gasteiger partial charge in [0, 0.05) is 79.0 Å². The molecule has 4 unspecified atom stereocenters. The summed E-state index contributed by atoms with van der Waals surface area (Å²) in [4.78, 5) is 54.8. The van der Waals surface area contributed by atoms with Crippen molar-refractivity contribution in [3.05, 3.63) is 61.7 Å². The lowest BCUT2D eigenvalue weighted by atomic mass is 9.74. The van der Waals surface area contributed by atoms with Crippen LogP contribution < -0.4 is 0 Å². The van der Waals surface area contributed by atoms with Crippen LogP contribution >= 0.6 is 34.5 Å². The molecular weight excluding hydrogens is 675 g/mol. The molecule has 2 aliphatic heterocycles. The van der Waals surface area contributed by atoms with Crippen LogP contribution in [0.1, 0.15) is 55.0 Å². The summed E-state index contributed by atoms with van der Waals surface area (Å²) in [5.74, 6) is -2.21. The van der Waals surface area contributed by atoms with Gasteiger partial charge in [0.2, 0.25) is 5.91 Å². The number of piperazine rings is 1. The molecule has 0 spiro atoms. The molecule has 10 nitrogen and oxygen atoms in total. The van der Waals surface area contributed by atoms with E-state index in [2.05, 4.69) is 9.88 Å². The molecule has 13 heteroatoms. The van der Waals surface area contributed by atoms with Crippen LogP contribution in [0, 0.1) is 17.8 Å². The fraction of sp³-hybridized carbons (Fsp3) is 0.571. The number of aromatic nitrogens is 1.